The maximum atomic E-state index is 11.5. The van der Waals surface area contributed by atoms with E-state index in [2.05, 4.69) is 6.92 Å². The molecule has 0 aliphatic carbocycles. The minimum Gasteiger partial charge on any atom is -0.462 e. The van der Waals surface area contributed by atoms with Crippen LogP contribution in [0.4, 0.5) is 0 Å². The van der Waals surface area contributed by atoms with Gasteiger partial charge in [-0.05, 0) is 24.8 Å². The van der Waals surface area contributed by atoms with Crippen molar-refractivity contribution in [3.63, 3.8) is 0 Å². The summed E-state index contributed by atoms with van der Waals surface area (Å²) in [6.07, 6.45) is 7.59. The fraction of sp³-hybridized carbons (Fsp3) is 0.545. The Morgan fingerprint density at radius 1 is 1.64 bits per heavy atom. The third-order valence-corrected chi connectivity index (χ3v) is 2.05. The summed E-state index contributed by atoms with van der Waals surface area (Å²) in [5.74, 6) is -0.186. The van der Waals surface area contributed by atoms with Crippen molar-refractivity contribution in [1.29, 1.82) is 0 Å². The first-order valence-corrected chi connectivity index (χ1v) is 4.98. The van der Waals surface area contributed by atoms with Crippen LogP contribution in [0, 0.1) is 0 Å². The molecule has 0 aromatic heterocycles. The van der Waals surface area contributed by atoms with Crippen molar-refractivity contribution in [2.45, 2.75) is 19.8 Å². The highest BCUT2D eigenvalue weighted by Crippen LogP contribution is 2.07. The summed E-state index contributed by atoms with van der Waals surface area (Å²) in [5, 5.41) is 0. The second-order valence-corrected chi connectivity index (χ2v) is 3.44. The molecule has 0 aromatic carbocycles. The second-order valence-electron chi connectivity index (χ2n) is 3.44. The third kappa shape index (κ3) is 3.24. The number of allylic oxidation sites excluding steroid dienone is 2. The van der Waals surface area contributed by atoms with Crippen LogP contribution in [-0.2, 0) is 9.53 Å². The molecule has 14 heavy (non-hydrogen) atoms. The summed E-state index contributed by atoms with van der Waals surface area (Å²) in [4.78, 5) is 13.4. The molecule has 0 fully saturated rings. The predicted molar refractivity (Wildman–Crippen MR) is 55.7 cm³/mol. The molecule has 1 aliphatic rings. The summed E-state index contributed by atoms with van der Waals surface area (Å²) in [5.41, 5.74) is 0.728. The monoisotopic (exact) mass is 195 g/mol. The van der Waals surface area contributed by atoms with Crippen molar-refractivity contribution >= 4 is 5.97 Å². The van der Waals surface area contributed by atoms with Crippen molar-refractivity contribution in [2.24, 2.45) is 0 Å². The van der Waals surface area contributed by atoms with E-state index in [9.17, 15) is 4.79 Å². The zero-order chi connectivity index (χ0) is 10.4. The fourth-order valence-corrected chi connectivity index (χ4v) is 1.21. The number of rotatable bonds is 4. The Labute approximate surface area is 85.0 Å². The summed E-state index contributed by atoms with van der Waals surface area (Å²) < 4.78 is 5.10. The van der Waals surface area contributed by atoms with Gasteiger partial charge in [-0.1, -0.05) is 13.3 Å². The fourth-order valence-electron chi connectivity index (χ4n) is 1.21. The predicted octanol–water partition coefficient (Wildman–Crippen LogP) is 1.72. The zero-order valence-corrected chi connectivity index (χ0v) is 8.82. The van der Waals surface area contributed by atoms with Crippen LogP contribution in [0.15, 0.2) is 23.9 Å². The minimum atomic E-state index is -0.186. The second kappa shape index (κ2) is 5.47. The first-order valence-electron chi connectivity index (χ1n) is 4.98. The Kier molecular flexibility index (Phi) is 4.23. The van der Waals surface area contributed by atoms with E-state index in [1.165, 1.54) is 0 Å². The topological polar surface area (TPSA) is 29.5 Å². The van der Waals surface area contributed by atoms with E-state index in [0.717, 1.165) is 18.4 Å². The SMILES string of the molecule is CCCCOC(=O)C1=CC=CN(C)C1. The van der Waals surface area contributed by atoms with E-state index in [0.29, 0.717) is 13.2 Å². The van der Waals surface area contributed by atoms with E-state index in [-0.39, 0.29) is 5.97 Å². The molecule has 1 rings (SSSR count). The van der Waals surface area contributed by atoms with Crippen LogP contribution in [0.2, 0.25) is 0 Å². The van der Waals surface area contributed by atoms with Gasteiger partial charge in [0, 0.05) is 13.6 Å². The summed E-state index contributed by atoms with van der Waals surface area (Å²) in [7, 11) is 1.93. The molecule has 0 radical (unpaired) electrons. The molecule has 0 unspecified atom stereocenters. The van der Waals surface area contributed by atoms with Gasteiger partial charge in [0.1, 0.15) is 0 Å². The summed E-state index contributed by atoms with van der Waals surface area (Å²) >= 11 is 0. The number of hydrogen-bond acceptors (Lipinski definition) is 3. The summed E-state index contributed by atoms with van der Waals surface area (Å²) in [6.45, 7) is 3.24. The van der Waals surface area contributed by atoms with Crippen LogP contribution in [0.1, 0.15) is 19.8 Å². The van der Waals surface area contributed by atoms with Gasteiger partial charge in [0.25, 0.3) is 0 Å². The maximum Gasteiger partial charge on any atom is 0.335 e. The average molecular weight is 195 g/mol. The molecule has 0 N–H and O–H groups in total. The Morgan fingerprint density at radius 2 is 2.43 bits per heavy atom. The van der Waals surface area contributed by atoms with Gasteiger partial charge in [0.05, 0.1) is 12.2 Å². The molecule has 0 saturated heterocycles. The molecule has 3 nitrogen and oxygen atoms in total. The number of ether oxygens (including phenoxy) is 1. The standard InChI is InChI=1S/C11H17NO2/c1-3-4-8-14-11(13)10-6-5-7-12(2)9-10/h5-7H,3-4,8-9H2,1-2H3. The molecule has 0 spiro atoms. The van der Waals surface area contributed by atoms with Gasteiger partial charge in [-0.2, -0.15) is 0 Å². The molecule has 0 amide bonds. The molecule has 0 saturated carbocycles. The van der Waals surface area contributed by atoms with Gasteiger partial charge in [0.15, 0.2) is 0 Å². The minimum absolute atomic E-state index is 0.186. The van der Waals surface area contributed by atoms with Crippen LogP contribution < -0.4 is 0 Å². The van der Waals surface area contributed by atoms with Crippen molar-refractivity contribution in [1.82, 2.24) is 4.90 Å². The highest BCUT2D eigenvalue weighted by Gasteiger charge is 2.13. The summed E-state index contributed by atoms with van der Waals surface area (Å²) in [6, 6.07) is 0. The van der Waals surface area contributed by atoms with Gasteiger partial charge in [-0.3, -0.25) is 0 Å². The first-order chi connectivity index (χ1) is 6.74. The van der Waals surface area contributed by atoms with E-state index >= 15 is 0 Å². The number of hydrogen-bond donors (Lipinski definition) is 0. The Balaban J connectivity index is 2.37. The molecule has 0 bridgehead atoms. The number of carbonyl (C=O) groups is 1. The van der Waals surface area contributed by atoms with E-state index in [1.807, 2.05) is 30.3 Å². The number of unbranched alkanes of at least 4 members (excludes halogenated alkanes) is 1. The van der Waals surface area contributed by atoms with Crippen LogP contribution in [-0.4, -0.2) is 31.1 Å². The van der Waals surface area contributed by atoms with Crippen molar-refractivity contribution in [2.75, 3.05) is 20.2 Å². The number of esters is 1. The van der Waals surface area contributed by atoms with E-state index in [1.54, 1.807) is 0 Å². The molecule has 0 atom stereocenters. The van der Waals surface area contributed by atoms with Gasteiger partial charge >= 0.3 is 5.97 Å². The maximum absolute atomic E-state index is 11.5. The molecular weight excluding hydrogens is 178 g/mol. The van der Waals surface area contributed by atoms with Crippen LogP contribution in [0.3, 0.4) is 0 Å². The van der Waals surface area contributed by atoms with Crippen molar-refractivity contribution < 1.29 is 9.53 Å². The van der Waals surface area contributed by atoms with Crippen molar-refractivity contribution in [3.05, 3.63) is 23.9 Å². The largest absolute Gasteiger partial charge is 0.462 e. The lowest BCUT2D eigenvalue weighted by atomic mass is 10.2. The molecule has 1 heterocycles. The van der Waals surface area contributed by atoms with Crippen LogP contribution in [0.25, 0.3) is 0 Å². The Hall–Kier alpha value is -1.25. The Bertz CT molecular complexity index is 256. The third-order valence-electron chi connectivity index (χ3n) is 2.05. The highest BCUT2D eigenvalue weighted by atomic mass is 16.5. The van der Waals surface area contributed by atoms with Gasteiger partial charge in [-0.25, -0.2) is 4.79 Å². The Morgan fingerprint density at radius 3 is 3.07 bits per heavy atom. The van der Waals surface area contributed by atoms with E-state index in [4.69, 9.17) is 4.74 Å². The van der Waals surface area contributed by atoms with Gasteiger partial charge in [0.2, 0.25) is 0 Å². The van der Waals surface area contributed by atoms with E-state index < -0.39 is 0 Å². The van der Waals surface area contributed by atoms with Gasteiger partial charge < -0.3 is 9.64 Å². The normalized spacial score (nSPS) is 15.3. The lowest BCUT2D eigenvalue weighted by molar-refractivity contribution is -0.139. The molecule has 78 valence electrons. The molecule has 1 aliphatic heterocycles. The number of carbonyl (C=O) groups excluding carboxylic acids is 1. The van der Waals surface area contributed by atoms with Crippen LogP contribution >= 0.6 is 0 Å². The quantitative estimate of drug-likeness (QED) is 0.505. The lowest BCUT2D eigenvalue weighted by Gasteiger charge is -2.18. The van der Waals surface area contributed by atoms with Gasteiger partial charge in [-0.15, -0.1) is 0 Å². The first kappa shape index (κ1) is 10.8. The molecule has 0 aromatic rings. The molecule has 3 heteroatoms. The highest BCUT2D eigenvalue weighted by molar-refractivity contribution is 5.89. The zero-order valence-electron chi connectivity index (χ0n) is 8.82. The van der Waals surface area contributed by atoms with Crippen molar-refractivity contribution in [3.8, 4) is 0 Å². The smallest absolute Gasteiger partial charge is 0.335 e. The lowest BCUT2D eigenvalue weighted by Crippen LogP contribution is -2.23. The van der Waals surface area contributed by atoms with Crippen LogP contribution in [0.5, 0.6) is 0 Å². The number of likely N-dealkylation sites (N-methyl/N-ethyl adjacent to an activating group) is 1. The average Bonchev–Trinajstić information content (AvgIpc) is 2.18. The molecular formula is C11H17NO2. The number of nitrogens with zero attached hydrogens (tertiary/aromatic N) is 1.